The highest BCUT2D eigenvalue weighted by Gasteiger charge is 2.10. The molecule has 0 aliphatic carbocycles. The number of hydrogen-bond acceptors (Lipinski definition) is 4. The standard InChI is InChI=1S/C14H25N3O/c1-5-17(6-7-18-4)14-11(2)8-13(10-16-14)9-12(3)15/h8,10,12H,5-7,9,15H2,1-4H3. The van der Waals surface area contributed by atoms with Gasteiger partial charge in [0.15, 0.2) is 0 Å². The number of hydrogen-bond donors (Lipinski definition) is 1. The minimum absolute atomic E-state index is 0.174. The zero-order valence-corrected chi connectivity index (χ0v) is 11.9. The predicted molar refractivity (Wildman–Crippen MR) is 76.1 cm³/mol. The molecule has 102 valence electrons. The fourth-order valence-electron chi connectivity index (χ4n) is 2.06. The van der Waals surface area contributed by atoms with Gasteiger partial charge in [-0.2, -0.15) is 0 Å². The summed E-state index contributed by atoms with van der Waals surface area (Å²) < 4.78 is 5.13. The molecule has 0 spiro atoms. The first-order valence-electron chi connectivity index (χ1n) is 6.53. The number of methoxy groups -OCH3 is 1. The Kier molecular flexibility index (Phi) is 6.09. The average Bonchev–Trinajstić information content (AvgIpc) is 2.31. The zero-order valence-electron chi connectivity index (χ0n) is 11.9. The van der Waals surface area contributed by atoms with Crippen molar-refractivity contribution >= 4 is 5.82 Å². The fourth-order valence-corrected chi connectivity index (χ4v) is 2.06. The van der Waals surface area contributed by atoms with Gasteiger partial charge in [-0.05, 0) is 38.3 Å². The zero-order chi connectivity index (χ0) is 13.5. The quantitative estimate of drug-likeness (QED) is 0.802. The van der Waals surface area contributed by atoms with E-state index in [1.54, 1.807) is 7.11 Å². The number of anilines is 1. The molecule has 1 rings (SSSR count). The maximum absolute atomic E-state index is 5.81. The van der Waals surface area contributed by atoms with Gasteiger partial charge in [-0.1, -0.05) is 6.07 Å². The molecule has 18 heavy (non-hydrogen) atoms. The molecule has 0 aliphatic rings. The number of nitrogens with zero attached hydrogens (tertiary/aromatic N) is 2. The first kappa shape index (κ1) is 14.9. The highest BCUT2D eigenvalue weighted by Crippen LogP contribution is 2.18. The first-order valence-corrected chi connectivity index (χ1v) is 6.53. The lowest BCUT2D eigenvalue weighted by Gasteiger charge is -2.23. The molecule has 0 aromatic carbocycles. The lowest BCUT2D eigenvalue weighted by atomic mass is 10.1. The summed E-state index contributed by atoms with van der Waals surface area (Å²) in [5, 5.41) is 0. The van der Waals surface area contributed by atoms with Gasteiger partial charge in [0.25, 0.3) is 0 Å². The second-order valence-corrected chi connectivity index (χ2v) is 4.74. The largest absolute Gasteiger partial charge is 0.383 e. The first-order chi connectivity index (χ1) is 8.58. The van der Waals surface area contributed by atoms with Gasteiger partial charge in [-0.15, -0.1) is 0 Å². The van der Waals surface area contributed by atoms with Gasteiger partial charge in [0.05, 0.1) is 6.61 Å². The third-order valence-corrected chi connectivity index (χ3v) is 2.91. The van der Waals surface area contributed by atoms with Gasteiger partial charge in [0.1, 0.15) is 5.82 Å². The summed E-state index contributed by atoms with van der Waals surface area (Å²) in [5.74, 6) is 1.04. The van der Waals surface area contributed by atoms with Crippen molar-refractivity contribution < 1.29 is 4.74 Å². The van der Waals surface area contributed by atoms with Gasteiger partial charge in [-0.25, -0.2) is 4.98 Å². The van der Waals surface area contributed by atoms with Gasteiger partial charge >= 0.3 is 0 Å². The number of nitrogens with two attached hydrogens (primary N) is 1. The van der Waals surface area contributed by atoms with Gasteiger partial charge in [-0.3, -0.25) is 0 Å². The van der Waals surface area contributed by atoms with E-state index in [1.807, 2.05) is 13.1 Å². The van der Waals surface area contributed by atoms with Crippen molar-refractivity contribution in [3.63, 3.8) is 0 Å². The summed E-state index contributed by atoms with van der Waals surface area (Å²) in [4.78, 5) is 6.80. The van der Waals surface area contributed by atoms with Crippen LogP contribution in [0.15, 0.2) is 12.3 Å². The van der Waals surface area contributed by atoms with Crippen molar-refractivity contribution in [1.82, 2.24) is 4.98 Å². The van der Waals surface area contributed by atoms with Crippen LogP contribution in [0.25, 0.3) is 0 Å². The van der Waals surface area contributed by atoms with Crippen molar-refractivity contribution in [3.8, 4) is 0 Å². The smallest absolute Gasteiger partial charge is 0.131 e. The third-order valence-electron chi connectivity index (χ3n) is 2.91. The lowest BCUT2D eigenvalue weighted by molar-refractivity contribution is 0.205. The van der Waals surface area contributed by atoms with Crippen LogP contribution < -0.4 is 10.6 Å². The normalized spacial score (nSPS) is 12.5. The molecule has 2 N–H and O–H groups in total. The SMILES string of the molecule is CCN(CCOC)c1ncc(CC(C)N)cc1C. The molecule has 1 aromatic rings. The van der Waals surface area contributed by atoms with Crippen LogP contribution in [-0.2, 0) is 11.2 Å². The summed E-state index contributed by atoms with van der Waals surface area (Å²) in [6.07, 6.45) is 2.81. The molecule has 1 atom stereocenters. The van der Waals surface area contributed by atoms with Crippen LogP contribution in [-0.4, -0.2) is 37.8 Å². The average molecular weight is 251 g/mol. The van der Waals surface area contributed by atoms with E-state index in [0.717, 1.165) is 31.9 Å². The second kappa shape index (κ2) is 7.34. The highest BCUT2D eigenvalue weighted by molar-refractivity contribution is 5.47. The Labute approximate surface area is 110 Å². The molecule has 0 fully saturated rings. The molecule has 0 saturated carbocycles. The van der Waals surface area contributed by atoms with Crippen molar-refractivity contribution in [3.05, 3.63) is 23.4 Å². The molecule has 0 amide bonds. The monoisotopic (exact) mass is 251 g/mol. The van der Waals surface area contributed by atoms with Crippen LogP contribution in [0.2, 0.25) is 0 Å². The highest BCUT2D eigenvalue weighted by atomic mass is 16.5. The molecule has 1 unspecified atom stereocenters. The lowest BCUT2D eigenvalue weighted by Crippen LogP contribution is -2.28. The topological polar surface area (TPSA) is 51.4 Å². The van der Waals surface area contributed by atoms with E-state index < -0.39 is 0 Å². The van der Waals surface area contributed by atoms with Crippen molar-refractivity contribution in [2.24, 2.45) is 5.73 Å². The van der Waals surface area contributed by atoms with E-state index in [1.165, 1.54) is 11.1 Å². The van der Waals surface area contributed by atoms with E-state index in [0.29, 0.717) is 0 Å². The Bertz CT molecular complexity index is 366. The molecule has 0 saturated heterocycles. The molecule has 0 bridgehead atoms. The minimum Gasteiger partial charge on any atom is -0.383 e. The predicted octanol–water partition coefficient (Wildman–Crippen LogP) is 1.75. The molecular weight excluding hydrogens is 226 g/mol. The van der Waals surface area contributed by atoms with Crippen LogP contribution in [0.3, 0.4) is 0 Å². The van der Waals surface area contributed by atoms with E-state index >= 15 is 0 Å². The summed E-state index contributed by atoms with van der Waals surface area (Å²) >= 11 is 0. The molecule has 4 heteroatoms. The molecule has 4 nitrogen and oxygen atoms in total. The summed E-state index contributed by atoms with van der Waals surface area (Å²) in [7, 11) is 1.72. The Balaban J connectivity index is 2.82. The number of ether oxygens (including phenoxy) is 1. The second-order valence-electron chi connectivity index (χ2n) is 4.74. The van der Waals surface area contributed by atoms with Crippen LogP contribution in [0, 0.1) is 6.92 Å². The van der Waals surface area contributed by atoms with E-state index in [9.17, 15) is 0 Å². The number of aromatic nitrogens is 1. The van der Waals surface area contributed by atoms with Crippen molar-refractivity contribution in [1.29, 1.82) is 0 Å². The molecule has 0 aliphatic heterocycles. The van der Waals surface area contributed by atoms with Gasteiger partial charge in [0.2, 0.25) is 0 Å². The van der Waals surface area contributed by atoms with Gasteiger partial charge in [0, 0.05) is 32.4 Å². The number of likely N-dealkylation sites (N-methyl/N-ethyl adjacent to an activating group) is 1. The molecular formula is C14H25N3O. The Hall–Kier alpha value is -1.13. The summed E-state index contributed by atoms with van der Waals surface area (Å²) in [6, 6.07) is 2.36. The van der Waals surface area contributed by atoms with Crippen LogP contribution in [0.5, 0.6) is 0 Å². The van der Waals surface area contributed by atoms with E-state index in [4.69, 9.17) is 10.5 Å². The molecule has 0 radical (unpaired) electrons. The van der Waals surface area contributed by atoms with Crippen LogP contribution in [0.4, 0.5) is 5.82 Å². The van der Waals surface area contributed by atoms with Crippen molar-refractivity contribution in [2.75, 3.05) is 31.7 Å². The molecule has 1 heterocycles. The summed E-state index contributed by atoms with van der Waals surface area (Å²) in [5.41, 5.74) is 8.21. The Morgan fingerprint density at radius 2 is 2.22 bits per heavy atom. The van der Waals surface area contributed by atoms with E-state index in [-0.39, 0.29) is 6.04 Å². The number of pyridine rings is 1. The Morgan fingerprint density at radius 3 is 2.72 bits per heavy atom. The Morgan fingerprint density at radius 1 is 1.50 bits per heavy atom. The van der Waals surface area contributed by atoms with Crippen molar-refractivity contribution in [2.45, 2.75) is 33.2 Å². The minimum atomic E-state index is 0.174. The number of aryl methyl sites for hydroxylation is 1. The third kappa shape index (κ3) is 4.27. The van der Waals surface area contributed by atoms with Crippen LogP contribution in [0.1, 0.15) is 25.0 Å². The summed E-state index contributed by atoms with van der Waals surface area (Å²) in [6.45, 7) is 8.77. The number of rotatable bonds is 7. The van der Waals surface area contributed by atoms with E-state index in [2.05, 4.69) is 29.8 Å². The maximum Gasteiger partial charge on any atom is 0.131 e. The molecule has 1 aromatic heterocycles. The van der Waals surface area contributed by atoms with Gasteiger partial charge < -0.3 is 15.4 Å². The van der Waals surface area contributed by atoms with Crippen LogP contribution >= 0.6 is 0 Å². The fraction of sp³-hybridized carbons (Fsp3) is 0.643. The maximum atomic E-state index is 5.81.